The van der Waals surface area contributed by atoms with Gasteiger partial charge in [-0.3, -0.25) is 0 Å². The Kier molecular flexibility index (Phi) is 4.82. The fourth-order valence-corrected chi connectivity index (χ4v) is 2.85. The third kappa shape index (κ3) is 3.28. The molecule has 5 nitrogen and oxygen atoms in total. The number of hydrogen-bond donors (Lipinski definition) is 1. The van der Waals surface area contributed by atoms with Gasteiger partial charge in [0, 0.05) is 26.4 Å². The summed E-state index contributed by atoms with van der Waals surface area (Å²) < 4.78 is 7.52. The van der Waals surface area contributed by atoms with Crippen molar-refractivity contribution in [2.24, 2.45) is 5.92 Å². The Labute approximate surface area is 116 Å². The third-order valence-corrected chi connectivity index (χ3v) is 3.78. The Bertz CT molecular complexity index is 404. The lowest BCUT2D eigenvalue weighted by atomic mass is 10.1. The highest BCUT2D eigenvalue weighted by molar-refractivity contribution is 5.35. The van der Waals surface area contributed by atoms with Crippen LogP contribution in [0, 0.1) is 12.8 Å². The van der Waals surface area contributed by atoms with Gasteiger partial charge in [0.1, 0.15) is 0 Å². The second-order valence-electron chi connectivity index (χ2n) is 5.55. The van der Waals surface area contributed by atoms with Crippen LogP contribution in [0.15, 0.2) is 6.20 Å². The molecule has 0 radical (unpaired) electrons. The molecule has 5 heteroatoms. The first-order valence-electron chi connectivity index (χ1n) is 7.09. The summed E-state index contributed by atoms with van der Waals surface area (Å²) in [6.07, 6.45) is 3.37. The van der Waals surface area contributed by atoms with Crippen LogP contribution < -0.4 is 10.2 Å². The summed E-state index contributed by atoms with van der Waals surface area (Å²) in [4.78, 5) is 7.11. The van der Waals surface area contributed by atoms with E-state index in [9.17, 15) is 0 Å². The van der Waals surface area contributed by atoms with Crippen molar-refractivity contribution in [3.63, 3.8) is 0 Å². The third-order valence-electron chi connectivity index (χ3n) is 3.78. The van der Waals surface area contributed by atoms with Crippen molar-refractivity contribution >= 4 is 5.95 Å². The van der Waals surface area contributed by atoms with Gasteiger partial charge in [-0.15, -0.1) is 0 Å². The first kappa shape index (κ1) is 14.3. The second kappa shape index (κ2) is 6.39. The average Bonchev–Trinajstić information content (AvgIpc) is 2.96. The molecule has 2 unspecified atom stereocenters. The average molecular weight is 266 g/mol. The number of imidazole rings is 1. The molecule has 1 aliphatic rings. The van der Waals surface area contributed by atoms with Gasteiger partial charge < -0.3 is 19.5 Å². The summed E-state index contributed by atoms with van der Waals surface area (Å²) in [6, 6.07) is 0.324. The van der Waals surface area contributed by atoms with Crippen molar-refractivity contribution in [1.29, 1.82) is 0 Å². The van der Waals surface area contributed by atoms with E-state index in [1.54, 1.807) is 7.11 Å². The quantitative estimate of drug-likeness (QED) is 0.846. The van der Waals surface area contributed by atoms with E-state index < -0.39 is 0 Å². The number of rotatable bonds is 6. The number of nitrogens with one attached hydrogen (secondary N) is 1. The van der Waals surface area contributed by atoms with Crippen LogP contribution in [-0.4, -0.2) is 49.9 Å². The van der Waals surface area contributed by atoms with Gasteiger partial charge in [0.25, 0.3) is 0 Å². The van der Waals surface area contributed by atoms with Gasteiger partial charge in [-0.05, 0) is 39.8 Å². The van der Waals surface area contributed by atoms with Crippen LogP contribution in [0.1, 0.15) is 25.1 Å². The Balaban J connectivity index is 2.11. The molecule has 0 amide bonds. The zero-order valence-corrected chi connectivity index (χ0v) is 12.5. The van der Waals surface area contributed by atoms with Crippen molar-refractivity contribution in [1.82, 2.24) is 14.9 Å². The first-order valence-corrected chi connectivity index (χ1v) is 7.09. The lowest BCUT2D eigenvalue weighted by Gasteiger charge is -2.22. The topological polar surface area (TPSA) is 42.3 Å². The predicted octanol–water partition coefficient (Wildman–Crippen LogP) is 1.44. The molecule has 108 valence electrons. The molecule has 1 N–H and O–H groups in total. The molecule has 2 atom stereocenters. The molecule has 1 aromatic heterocycles. The standard InChI is InChI=1S/C14H26N4O/c1-11-8-18(12(2)10-19-4)14(16-11)17-6-5-13(9-17)7-15-3/h8,12-13,15H,5-7,9-10H2,1-4H3. The largest absolute Gasteiger partial charge is 0.383 e. The number of nitrogens with zero attached hydrogens (tertiary/aromatic N) is 3. The normalized spacial score (nSPS) is 21.1. The van der Waals surface area contributed by atoms with Gasteiger partial charge in [-0.25, -0.2) is 4.98 Å². The van der Waals surface area contributed by atoms with E-state index >= 15 is 0 Å². The van der Waals surface area contributed by atoms with E-state index in [1.807, 2.05) is 7.05 Å². The molecule has 2 heterocycles. The van der Waals surface area contributed by atoms with Crippen molar-refractivity contribution in [3.8, 4) is 0 Å². The van der Waals surface area contributed by atoms with E-state index in [-0.39, 0.29) is 0 Å². The summed E-state index contributed by atoms with van der Waals surface area (Å²) in [5.74, 6) is 1.83. The number of hydrogen-bond acceptors (Lipinski definition) is 4. The molecule has 0 saturated carbocycles. The van der Waals surface area contributed by atoms with E-state index in [0.29, 0.717) is 6.04 Å². The van der Waals surface area contributed by atoms with Gasteiger partial charge in [0.05, 0.1) is 18.3 Å². The maximum atomic E-state index is 5.27. The SMILES string of the molecule is CNCC1CCN(c2nc(C)cn2C(C)COC)C1. The van der Waals surface area contributed by atoms with Gasteiger partial charge in [-0.2, -0.15) is 0 Å². The number of methoxy groups -OCH3 is 1. The molecule has 1 saturated heterocycles. The van der Waals surface area contributed by atoms with Crippen LogP contribution >= 0.6 is 0 Å². The zero-order valence-electron chi connectivity index (χ0n) is 12.5. The maximum absolute atomic E-state index is 5.27. The summed E-state index contributed by atoms with van der Waals surface area (Å²) in [7, 11) is 3.77. The lowest BCUT2D eigenvalue weighted by molar-refractivity contribution is 0.162. The molecule has 1 fully saturated rings. The predicted molar refractivity (Wildman–Crippen MR) is 77.8 cm³/mol. The van der Waals surface area contributed by atoms with Crippen LogP contribution in [0.2, 0.25) is 0 Å². The van der Waals surface area contributed by atoms with E-state index in [1.165, 1.54) is 6.42 Å². The minimum absolute atomic E-state index is 0.324. The summed E-state index contributed by atoms with van der Waals surface area (Å²) in [5.41, 5.74) is 1.08. The van der Waals surface area contributed by atoms with Crippen molar-refractivity contribution in [2.75, 3.05) is 45.3 Å². The molecule has 19 heavy (non-hydrogen) atoms. The summed E-state index contributed by atoms with van der Waals surface area (Å²) in [5, 5.41) is 3.27. The molecule has 0 spiro atoms. The highest BCUT2D eigenvalue weighted by Gasteiger charge is 2.26. The molecule has 2 rings (SSSR count). The minimum Gasteiger partial charge on any atom is -0.383 e. The molecule has 1 aromatic rings. The van der Waals surface area contributed by atoms with E-state index in [0.717, 1.165) is 43.8 Å². The molecule has 1 aliphatic heterocycles. The van der Waals surface area contributed by atoms with Crippen LogP contribution in [-0.2, 0) is 4.74 Å². The lowest BCUT2D eigenvalue weighted by Crippen LogP contribution is -2.27. The fourth-order valence-electron chi connectivity index (χ4n) is 2.85. The van der Waals surface area contributed by atoms with Crippen molar-refractivity contribution in [3.05, 3.63) is 11.9 Å². The highest BCUT2D eigenvalue weighted by atomic mass is 16.5. The highest BCUT2D eigenvalue weighted by Crippen LogP contribution is 2.25. The Morgan fingerprint density at radius 1 is 1.58 bits per heavy atom. The maximum Gasteiger partial charge on any atom is 0.206 e. The second-order valence-corrected chi connectivity index (χ2v) is 5.55. The molecule has 0 bridgehead atoms. The molecular formula is C14H26N4O. The van der Waals surface area contributed by atoms with E-state index in [4.69, 9.17) is 9.72 Å². The minimum atomic E-state index is 0.324. The number of anilines is 1. The van der Waals surface area contributed by atoms with Gasteiger partial charge in [0.15, 0.2) is 0 Å². The molecular weight excluding hydrogens is 240 g/mol. The summed E-state index contributed by atoms with van der Waals surface area (Å²) >= 11 is 0. The van der Waals surface area contributed by atoms with Crippen LogP contribution in [0.4, 0.5) is 5.95 Å². The zero-order chi connectivity index (χ0) is 13.8. The Morgan fingerprint density at radius 3 is 3.05 bits per heavy atom. The van der Waals surface area contributed by atoms with Crippen LogP contribution in [0.3, 0.4) is 0 Å². The van der Waals surface area contributed by atoms with Crippen molar-refractivity contribution in [2.45, 2.75) is 26.3 Å². The number of ether oxygens (including phenoxy) is 1. The Hall–Kier alpha value is -1.07. The van der Waals surface area contributed by atoms with Gasteiger partial charge >= 0.3 is 0 Å². The molecule has 0 aromatic carbocycles. The fraction of sp³-hybridized carbons (Fsp3) is 0.786. The monoisotopic (exact) mass is 266 g/mol. The van der Waals surface area contributed by atoms with Crippen molar-refractivity contribution < 1.29 is 4.74 Å². The number of aryl methyl sites for hydroxylation is 1. The van der Waals surface area contributed by atoms with E-state index in [2.05, 4.69) is 34.8 Å². The smallest absolute Gasteiger partial charge is 0.206 e. The van der Waals surface area contributed by atoms with Gasteiger partial charge in [-0.1, -0.05) is 0 Å². The summed E-state index contributed by atoms with van der Waals surface area (Å²) in [6.45, 7) is 8.23. The molecule has 0 aliphatic carbocycles. The number of aromatic nitrogens is 2. The van der Waals surface area contributed by atoms with Gasteiger partial charge in [0.2, 0.25) is 5.95 Å². The van der Waals surface area contributed by atoms with Crippen LogP contribution in [0.25, 0.3) is 0 Å². The Morgan fingerprint density at radius 2 is 2.37 bits per heavy atom. The first-order chi connectivity index (χ1) is 9.15. The van der Waals surface area contributed by atoms with Crippen LogP contribution in [0.5, 0.6) is 0 Å².